The second-order valence-electron chi connectivity index (χ2n) is 9.44. The van der Waals surface area contributed by atoms with E-state index in [4.69, 9.17) is 19.4 Å². The second kappa shape index (κ2) is 11.0. The van der Waals surface area contributed by atoms with Gasteiger partial charge in [-0.25, -0.2) is 9.97 Å². The Morgan fingerprint density at radius 1 is 0.919 bits per heavy atom. The van der Waals surface area contributed by atoms with Crippen molar-refractivity contribution in [2.24, 2.45) is 0 Å². The smallest absolute Gasteiger partial charge is 0.311 e. The number of esters is 1. The molecule has 0 fully saturated rings. The van der Waals surface area contributed by atoms with E-state index in [9.17, 15) is 4.79 Å². The molecule has 0 aliphatic carbocycles. The quantitative estimate of drug-likeness (QED) is 0.144. The van der Waals surface area contributed by atoms with Crippen LogP contribution in [0.5, 0.6) is 11.5 Å². The number of aryl methyl sites for hydroxylation is 1. The van der Waals surface area contributed by atoms with E-state index < -0.39 is 0 Å². The van der Waals surface area contributed by atoms with E-state index in [2.05, 4.69) is 24.3 Å². The van der Waals surface area contributed by atoms with E-state index >= 15 is 0 Å². The normalized spacial score (nSPS) is 11.5. The second-order valence-corrected chi connectivity index (χ2v) is 9.44. The van der Waals surface area contributed by atoms with E-state index in [0.717, 1.165) is 89.9 Å². The summed E-state index contributed by atoms with van der Waals surface area (Å²) in [6.07, 6.45) is 9.24. The third kappa shape index (κ3) is 4.90. The van der Waals surface area contributed by atoms with E-state index in [1.54, 1.807) is 7.11 Å². The molecule has 2 aromatic carbocycles. The van der Waals surface area contributed by atoms with Crippen LogP contribution in [0.2, 0.25) is 0 Å². The first-order chi connectivity index (χ1) is 18.1. The highest BCUT2D eigenvalue weighted by molar-refractivity contribution is 6.01. The third-order valence-corrected chi connectivity index (χ3v) is 6.77. The summed E-state index contributed by atoms with van der Waals surface area (Å²) in [7, 11) is 1.65. The number of ether oxygens (including phenoxy) is 2. The van der Waals surface area contributed by atoms with Gasteiger partial charge in [0.1, 0.15) is 17.0 Å². The van der Waals surface area contributed by atoms with E-state index in [0.29, 0.717) is 12.2 Å². The maximum absolute atomic E-state index is 12.8. The van der Waals surface area contributed by atoms with Crippen LogP contribution < -0.4 is 9.47 Å². The summed E-state index contributed by atoms with van der Waals surface area (Å²) in [6.45, 7) is 4.32. The number of benzene rings is 2. The van der Waals surface area contributed by atoms with Gasteiger partial charge < -0.3 is 9.47 Å². The van der Waals surface area contributed by atoms with Gasteiger partial charge >= 0.3 is 5.97 Å². The van der Waals surface area contributed by atoms with Crippen LogP contribution in [0.4, 0.5) is 0 Å². The molecule has 7 nitrogen and oxygen atoms in total. The Hall–Kier alpha value is -3.87. The highest BCUT2D eigenvalue weighted by Gasteiger charge is 2.23. The van der Waals surface area contributed by atoms with Gasteiger partial charge in [-0.3, -0.25) is 13.8 Å². The molecule has 0 bridgehead atoms. The fourth-order valence-corrected chi connectivity index (χ4v) is 4.85. The molecule has 5 rings (SSSR count). The number of rotatable bonds is 11. The molecule has 0 aliphatic rings. The number of unbranched alkanes of at least 4 members (excludes halogenated alkanes) is 4. The van der Waals surface area contributed by atoms with E-state index in [1.807, 2.05) is 53.2 Å². The average Bonchev–Trinajstić information content (AvgIpc) is 3.47. The molecular formula is C30H34N4O3. The summed E-state index contributed by atoms with van der Waals surface area (Å²) in [5.74, 6) is 1.94. The number of methoxy groups -OCH3 is 1. The van der Waals surface area contributed by atoms with Crippen LogP contribution >= 0.6 is 0 Å². The Balaban J connectivity index is 1.75. The van der Waals surface area contributed by atoms with Crippen molar-refractivity contribution in [3.8, 4) is 17.2 Å². The Labute approximate surface area is 217 Å². The first-order valence-corrected chi connectivity index (χ1v) is 13.3. The summed E-state index contributed by atoms with van der Waals surface area (Å²) < 4.78 is 15.6. The fraction of sp³-hybridized carbons (Fsp3) is 0.367. The summed E-state index contributed by atoms with van der Waals surface area (Å²) in [6, 6.07) is 15.9. The first kappa shape index (κ1) is 24.8. The molecular weight excluding hydrogens is 464 g/mol. The van der Waals surface area contributed by atoms with Crippen LogP contribution in [0.15, 0.2) is 54.7 Å². The zero-order valence-corrected chi connectivity index (χ0v) is 21.9. The van der Waals surface area contributed by atoms with Crippen LogP contribution in [0.25, 0.3) is 33.4 Å². The number of aromatic nitrogens is 4. The number of hydrogen-bond donors (Lipinski definition) is 0. The molecule has 0 amide bonds. The number of carbonyl (C=O) groups is 1. The summed E-state index contributed by atoms with van der Waals surface area (Å²) in [5, 5.41) is 0.738. The molecule has 0 radical (unpaired) electrons. The number of carbonyl (C=O) groups excluding carboxylic acids is 1. The van der Waals surface area contributed by atoms with Crippen molar-refractivity contribution in [2.45, 2.75) is 65.2 Å². The molecule has 37 heavy (non-hydrogen) atoms. The van der Waals surface area contributed by atoms with Gasteiger partial charge in [0, 0.05) is 18.9 Å². The molecule has 0 spiro atoms. The van der Waals surface area contributed by atoms with Gasteiger partial charge in [-0.05, 0) is 37.1 Å². The van der Waals surface area contributed by atoms with Crippen molar-refractivity contribution in [3.63, 3.8) is 0 Å². The zero-order valence-electron chi connectivity index (χ0n) is 21.9. The monoisotopic (exact) mass is 498 g/mol. The minimum Gasteiger partial charge on any atom is -0.497 e. The van der Waals surface area contributed by atoms with Crippen LogP contribution in [-0.4, -0.2) is 32.0 Å². The van der Waals surface area contributed by atoms with Crippen molar-refractivity contribution in [3.05, 3.63) is 60.6 Å². The molecule has 0 saturated carbocycles. The molecule has 0 saturated heterocycles. The maximum atomic E-state index is 12.8. The molecule has 3 heterocycles. The predicted molar refractivity (Wildman–Crippen MR) is 147 cm³/mol. The molecule has 0 N–H and O–H groups in total. The van der Waals surface area contributed by atoms with Crippen LogP contribution in [-0.2, 0) is 11.2 Å². The van der Waals surface area contributed by atoms with Crippen LogP contribution in [0, 0.1) is 0 Å². The third-order valence-electron chi connectivity index (χ3n) is 6.77. The SMILES string of the molecule is CCCCCC(=O)Oc1cn(-c2cccc(OC)c2)c2nc(CCCCC)n3c4ccccc4nc3c12. The van der Waals surface area contributed by atoms with Crippen molar-refractivity contribution in [1.82, 2.24) is 18.9 Å². The number of hydrogen-bond acceptors (Lipinski definition) is 5. The zero-order chi connectivity index (χ0) is 25.8. The van der Waals surface area contributed by atoms with Crippen molar-refractivity contribution >= 4 is 33.7 Å². The summed E-state index contributed by atoms with van der Waals surface area (Å²) in [5.41, 5.74) is 4.26. The minimum absolute atomic E-state index is 0.237. The highest BCUT2D eigenvalue weighted by atomic mass is 16.5. The largest absolute Gasteiger partial charge is 0.497 e. The van der Waals surface area contributed by atoms with Crippen molar-refractivity contribution < 1.29 is 14.3 Å². The standard InChI is InChI=1S/C30H34N4O3/c1-4-6-8-17-26-32-29-28(30-31-23-15-10-11-16-24(23)34(26)30)25(37-27(35)18-9-7-5-2)20-33(29)21-13-12-14-22(19-21)36-3/h10-16,19-20H,4-9,17-18H2,1-3H3. The number of para-hydroxylation sites is 2. The van der Waals surface area contributed by atoms with E-state index in [-0.39, 0.29) is 5.97 Å². The highest BCUT2D eigenvalue weighted by Crippen LogP contribution is 2.36. The van der Waals surface area contributed by atoms with Gasteiger partial charge in [-0.15, -0.1) is 0 Å². The number of fused-ring (bicyclic) bond motifs is 5. The molecule has 7 heteroatoms. The Morgan fingerprint density at radius 3 is 2.54 bits per heavy atom. The lowest BCUT2D eigenvalue weighted by Crippen LogP contribution is -2.08. The summed E-state index contributed by atoms with van der Waals surface area (Å²) >= 11 is 0. The number of nitrogens with zero attached hydrogens (tertiary/aromatic N) is 4. The molecule has 5 aromatic rings. The van der Waals surface area contributed by atoms with Crippen LogP contribution in [0.3, 0.4) is 0 Å². The molecule has 0 atom stereocenters. The molecule has 0 aliphatic heterocycles. The Bertz CT molecular complexity index is 1550. The molecule has 0 unspecified atom stereocenters. The predicted octanol–water partition coefficient (Wildman–Crippen LogP) is 7.05. The fourth-order valence-electron chi connectivity index (χ4n) is 4.85. The van der Waals surface area contributed by atoms with Crippen molar-refractivity contribution in [1.29, 1.82) is 0 Å². The average molecular weight is 499 g/mol. The van der Waals surface area contributed by atoms with Gasteiger partial charge in [0.15, 0.2) is 17.0 Å². The van der Waals surface area contributed by atoms with Gasteiger partial charge in [-0.2, -0.15) is 0 Å². The Kier molecular flexibility index (Phi) is 7.40. The van der Waals surface area contributed by atoms with Gasteiger partial charge in [0.2, 0.25) is 0 Å². The van der Waals surface area contributed by atoms with Gasteiger partial charge in [0.25, 0.3) is 0 Å². The lowest BCUT2D eigenvalue weighted by atomic mass is 10.2. The molecule has 192 valence electrons. The van der Waals surface area contributed by atoms with Gasteiger partial charge in [-0.1, -0.05) is 57.7 Å². The number of imidazole rings is 1. The Morgan fingerprint density at radius 2 is 1.73 bits per heavy atom. The molecule has 3 aromatic heterocycles. The first-order valence-electron chi connectivity index (χ1n) is 13.3. The minimum atomic E-state index is -0.237. The van der Waals surface area contributed by atoms with Crippen molar-refractivity contribution in [2.75, 3.05) is 7.11 Å². The lowest BCUT2D eigenvalue weighted by Gasteiger charge is -2.10. The summed E-state index contributed by atoms with van der Waals surface area (Å²) in [4.78, 5) is 23.0. The van der Waals surface area contributed by atoms with Crippen LogP contribution in [0.1, 0.15) is 64.6 Å². The maximum Gasteiger partial charge on any atom is 0.311 e. The topological polar surface area (TPSA) is 70.7 Å². The van der Waals surface area contributed by atoms with Gasteiger partial charge in [0.05, 0.1) is 30.0 Å². The lowest BCUT2D eigenvalue weighted by molar-refractivity contribution is -0.134. The van der Waals surface area contributed by atoms with E-state index in [1.165, 1.54) is 0 Å².